The summed E-state index contributed by atoms with van der Waals surface area (Å²) < 4.78 is 53.2. The van der Waals surface area contributed by atoms with E-state index >= 15 is 0 Å². The third kappa shape index (κ3) is 2.96. The van der Waals surface area contributed by atoms with E-state index in [1.807, 2.05) is 0 Å². The average molecular weight is 301 g/mol. The Kier molecular flexibility index (Phi) is 3.76. The second-order valence-electron chi connectivity index (χ2n) is 4.37. The number of sulfonamides is 1. The fourth-order valence-electron chi connectivity index (χ4n) is 1.75. The van der Waals surface area contributed by atoms with Gasteiger partial charge in [0.25, 0.3) is 0 Å². The number of aryl methyl sites for hydroxylation is 2. The molecule has 2 aromatic rings. The first-order chi connectivity index (χ1) is 9.30. The van der Waals surface area contributed by atoms with Crippen molar-refractivity contribution in [3.63, 3.8) is 0 Å². The van der Waals surface area contributed by atoms with Gasteiger partial charge in [0.2, 0.25) is 10.0 Å². The number of nitrogens with one attached hydrogen (secondary N) is 2. The van der Waals surface area contributed by atoms with E-state index in [2.05, 4.69) is 14.9 Å². The van der Waals surface area contributed by atoms with Crippen molar-refractivity contribution in [2.24, 2.45) is 0 Å². The van der Waals surface area contributed by atoms with Gasteiger partial charge >= 0.3 is 0 Å². The molecule has 0 aliphatic carbocycles. The van der Waals surface area contributed by atoms with Gasteiger partial charge < -0.3 is 0 Å². The molecule has 1 aromatic carbocycles. The predicted molar refractivity (Wildman–Crippen MR) is 70.7 cm³/mol. The molecule has 1 heterocycles. The number of rotatable bonds is 4. The standard InChI is InChI=1S/C12H13F2N3O2S/c1-7-12(8(2)16-15-7)17-20(18,19)6-9-10(13)4-3-5-11(9)14/h3-5,17H,6H2,1-2H3,(H,15,16). The molecule has 0 bridgehead atoms. The van der Waals surface area contributed by atoms with Crippen LogP contribution in [-0.2, 0) is 15.8 Å². The van der Waals surface area contributed by atoms with Crippen LogP contribution in [0.2, 0.25) is 0 Å². The van der Waals surface area contributed by atoms with Crippen molar-refractivity contribution in [3.05, 3.63) is 46.8 Å². The molecule has 2 N–H and O–H groups in total. The molecule has 0 radical (unpaired) electrons. The lowest BCUT2D eigenvalue weighted by Gasteiger charge is -2.09. The molecule has 0 fully saturated rings. The second kappa shape index (κ2) is 5.20. The van der Waals surface area contributed by atoms with Gasteiger partial charge in [-0.15, -0.1) is 0 Å². The largest absolute Gasteiger partial charge is 0.280 e. The van der Waals surface area contributed by atoms with E-state index in [1.165, 1.54) is 6.07 Å². The van der Waals surface area contributed by atoms with Gasteiger partial charge in [0.05, 0.1) is 17.1 Å². The Morgan fingerprint density at radius 2 is 1.85 bits per heavy atom. The number of anilines is 1. The van der Waals surface area contributed by atoms with E-state index in [1.54, 1.807) is 13.8 Å². The van der Waals surface area contributed by atoms with Crippen molar-refractivity contribution >= 4 is 15.7 Å². The van der Waals surface area contributed by atoms with Crippen LogP contribution in [0, 0.1) is 25.5 Å². The third-order valence-corrected chi connectivity index (χ3v) is 3.97. The Labute approximate surface area is 115 Å². The molecule has 8 heteroatoms. The fraction of sp³-hybridized carbons (Fsp3) is 0.250. The summed E-state index contributed by atoms with van der Waals surface area (Å²) in [6.45, 7) is 3.26. The zero-order valence-corrected chi connectivity index (χ0v) is 11.7. The maximum Gasteiger partial charge on any atom is 0.237 e. The van der Waals surface area contributed by atoms with Gasteiger partial charge in [-0.2, -0.15) is 5.10 Å². The molecule has 0 spiro atoms. The molecular formula is C12H13F2N3O2S. The minimum absolute atomic E-state index is 0.293. The van der Waals surface area contributed by atoms with Crippen LogP contribution in [0.3, 0.4) is 0 Å². The first-order valence-electron chi connectivity index (χ1n) is 5.75. The van der Waals surface area contributed by atoms with Crippen LogP contribution >= 0.6 is 0 Å². The van der Waals surface area contributed by atoms with Crippen LogP contribution in [0.1, 0.15) is 17.0 Å². The first-order valence-corrected chi connectivity index (χ1v) is 7.40. The average Bonchev–Trinajstić information content (AvgIpc) is 2.65. The van der Waals surface area contributed by atoms with E-state index in [-0.39, 0.29) is 0 Å². The monoisotopic (exact) mass is 301 g/mol. The summed E-state index contributed by atoms with van der Waals surface area (Å²) in [4.78, 5) is 0. The number of H-pyrrole nitrogens is 1. The molecule has 20 heavy (non-hydrogen) atoms. The third-order valence-electron chi connectivity index (χ3n) is 2.78. The lowest BCUT2D eigenvalue weighted by atomic mass is 10.2. The van der Waals surface area contributed by atoms with E-state index in [4.69, 9.17) is 0 Å². The second-order valence-corrected chi connectivity index (χ2v) is 6.09. The number of halogens is 2. The molecule has 0 unspecified atom stereocenters. The van der Waals surface area contributed by atoms with Gasteiger partial charge in [0.15, 0.2) is 0 Å². The fourth-order valence-corrected chi connectivity index (χ4v) is 3.09. The van der Waals surface area contributed by atoms with Crippen molar-refractivity contribution in [2.75, 3.05) is 4.72 Å². The lowest BCUT2D eigenvalue weighted by Crippen LogP contribution is -2.17. The topological polar surface area (TPSA) is 74.8 Å². The van der Waals surface area contributed by atoms with Gasteiger partial charge in [-0.3, -0.25) is 9.82 Å². The van der Waals surface area contributed by atoms with Gasteiger partial charge in [0.1, 0.15) is 17.4 Å². The van der Waals surface area contributed by atoms with Crippen molar-refractivity contribution in [1.29, 1.82) is 0 Å². The van der Waals surface area contributed by atoms with E-state index in [0.29, 0.717) is 17.1 Å². The number of aromatic amines is 1. The van der Waals surface area contributed by atoms with E-state index in [0.717, 1.165) is 12.1 Å². The number of benzene rings is 1. The number of nitrogens with zero attached hydrogens (tertiary/aromatic N) is 1. The normalized spacial score (nSPS) is 11.6. The summed E-state index contributed by atoms with van der Waals surface area (Å²) in [5.41, 5.74) is 0.792. The van der Waals surface area contributed by atoms with Gasteiger partial charge in [-0.25, -0.2) is 17.2 Å². The Hall–Kier alpha value is -1.96. The summed E-state index contributed by atoms with van der Waals surface area (Å²) in [5.74, 6) is -2.57. The van der Waals surface area contributed by atoms with Crippen LogP contribution < -0.4 is 4.72 Å². The number of aromatic nitrogens is 2. The molecule has 0 atom stereocenters. The van der Waals surface area contributed by atoms with Gasteiger partial charge in [0, 0.05) is 5.56 Å². The van der Waals surface area contributed by atoms with Crippen LogP contribution in [0.4, 0.5) is 14.5 Å². The molecule has 0 aliphatic rings. The van der Waals surface area contributed by atoms with E-state index in [9.17, 15) is 17.2 Å². The molecule has 0 amide bonds. The van der Waals surface area contributed by atoms with Crippen molar-refractivity contribution < 1.29 is 17.2 Å². The maximum absolute atomic E-state index is 13.5. The van der Waals surface area contributed by atoms with Crippen LogP contribution in [-0.4, -0.2) is 18.6 Å². The summed E-state index contributed by atoms with van der Waals surface area (Å²) in [6, 6.07) is 3.21. The Morgan fingerprint density at radius 3 is 2.35 bits per heavy atom. The van der Waals surface area contributed by atoms with E-state index < -0.39 is 33.0 Å². The highest BCUT2D eigenvalue weighted by Crippen LogP contribution is 2.21. The quantitative estimate of drug-likeness (QED) is 0.909. The molecule has 108 valence electrons. The summed E-state index contributed by atoms with van der Waals surface area (Å²) in [7, 11) is -3.94. The van der Waals surface area contributed by atoms with Crippen LogP contribution in [0.5, 0.6) is 0 Å². The minimum Gasteiger partial charge on any atom is -0.280 e. The van der Waals surface area contributed by atoms with Crippen molar-refractivity contribution in [2.45, 2.75) is 19.6 Å². The first kappa shape index (κ1) is 14.4. The SMILES string of the molecule is Cc1n[nH]c(C)c1NS(=O)(=O)Cc1c(F)cccc1F. The molecule has 0 saturated carbocycles. The zero-order chi connectivity index (χ0) is 14.9. The Morgan fingerprint density at radius 1 is 1.25 bits per heavy atom. The highest BCUT2D eigenvalue weighted by Gasteiger charge is 2.20. The molecule has 0 aliphatic heterocycles. The Balaban J connectivity index is 2.29. The maximum atomic E-state index is 13.5. The van der Waals surface area contributed by atoms with Crippen LogP contribution in [0.25, 0.3) is 0 Å². The van der Waals surface area contributed by atoms with Crippen molar-refractivity contribution in [3.8, 4) is 0 Å². The van der Waals surface area contributed by atoms with Crippen molar-refractivity contribution in [1.82, 2.24) is 10.2 Å². The highest BCUT2D eigenvalue weighted by molar-refractivity contribution is 7.91. The minimum atomic E-state index is -3.94. The Bertz CT molecular complexity index is 701. The summed E-state index contributed by atoms with van der Waals surface area (Å²) in [6.07, 6.45) is 0. The molecule has 1 aromatic heterocycles. The number of hydrogen-bond donors (Lipinski definition) is 2. The summed E-state index contributed by atoms with van der Waals surface area (Å²) >= 11 is 0. The summed E-state index contributed by atoms with van der Waals surface area (Å²) in [5, 5.41) is 6.46. The van der Waals surface area contributed by atoms with Gasteiger partial charge in [-0.1, -0.05) is 6.07 Å². The highest BCUT2D eigenvalue weighted by atomic mass is 32.2. The zero-order valence-electron chi connectivity index (χ0n) is 10.9. The smallest absolute Gasteiger partial charge is 0.237 e. The molecule has 5 nitrogen and oxygen atoms in total. The van der Waals surface area contributed by atoms with Gasteiger partial charge in [-0.05, 0) is 26.0 Å². The molecule has 0 saturated heterocycles. The number of hydrogen-bond acceptors (Lipinski definition) is 3. The van der Waals surface area contributed by atoms with Crippen LogP contribution in [0.15, 0.2) is 18.2 Å². The molecule has 2 rings (SSSR count). The lowest BCUT2D eigenvalue weighted by molar-refractivity contribution is 0.557. The molecular weight excluding hydrogens is 288 g/mol. The predicted octanol–water partition coefficient (Wildman–Crippen LogP) is 2.25.